The van der Waals surface area contributed by atoms with E-state index in [-0.39, 0.29) is 11.9 Å². The van der Waals surface area contributed by atoms with Crippen molar-refractivity contribution in [3.63, 3.8) is 0 Å². The molecule has 1 aromatic heterocycles. The summed E-state index contributed by atoms with van der Waals surface area (Å²) in [6, 6.07) is 26.7. The van der Waals surface area contributed by atoms with Crippen molar-refractivity contribution in [3.8, 4) is 22.6 Å². The third-order valence-electron chi connectivity index (χ3n) is 7.16. The number of benzene rings is 3. The first-order valence-corrected chi connectivity index (χ1v) is 12.4. The highest BCUT2D eigenvalue weighted by Crippen LogP contribution is 2.43. The molecule has 1 saturated carbocycles. The van der Waals surface area contributed by atoms with E-state index in [9.17, 15) is 4.79 Å². The number of rotatable bonds is 6. The molecule has 3 aromatic carbocycles. The Morgan fingerprint density at radius 1 is 0.943 bits per heavy atom. The molecule has 1 aliphatic rings. The van der Waals surface area contributed by atoms with E-state index < -0.39 is 0 Å². The Hall–Kier alpha value is -3.66. The van der Waals surface area contributed by atoms with E-state index >= 15 is 0 Å². The van der Waals surface area contributed by atoms with Crippen LogP contribution in [-0.2, 0) is 11.2 Å². The van der Waals surface area contributed by atoms with E-state index in [1.807, 2.05) is 55.5 Å². The molecule has 0 bridgehead atoms. The lowest BCUT2D eigenvalue weighted by Gasteiger charge is -2.29. The Balaban J connectivity index is 1.50. The van der Waals surface area contributed by atoms with Crippen LogP contribution in [0.3, 0.4) is 0 Å². The second kappa shape index (κ2) is 10.3. The summed E-state index contributed by atoms with van der Waals surface area (Å²) in [5, 5.41) is 0. The normalized spacial score (nSPS) is 17.8. The summed E-state index contributed by atoms with van der Waals surface area (Å²) < 4.78 is 11.6. The zero-order chi connectivity index (χ0) is 24.2. The van der Waals surface area contributed by atoms with Crippen LogP contribution < -0.4 is 0 Å². The number of nitrogens with zero attached hydrogens (tertiary/aromatic N) is 1. The molecule has 35 heavy (non-hydrogen) atoms. The van der Waals surface area contributed by atoms with Crippen molar-refractivity contribution in [2.45, 2.75) is 44.9 Å². The lowest BCUT2D eigenvalue weighted by Crippen LogP contribution is -2.20. The number of aryl methyl sites for hydroxylation is 1. The first-order chi connectivity index (χ1) is 17.1. The number of methoxy groups -OCH3 is 1. The zero-order valence-corrected chi connectivity index (χ0v) is 20.4. The molecule has 4 nitrogen and oxygen atoms in total. The first-order valence-electron chi connectivity index (χ1n) is 12.4. The summed E-state index contributed by atoms with van der Waals surface area (Å²) in [7, 11) is 1.43. The van der Waals surface area contributed by atoms with Gasteiger partial charge in [-0.1, -0.05) is 85.6 Å². The number of hydrogen-bond donors (Lipinski definition) is 0. The SMILES string of the molecule is COC(=O)c1cc(CC2CCCCC2c2nc(-c3ccccc3)c(-c3ccccc3)o2)ccc1C. The highest BCUT2D eigenvalue weighted by atomic mass is 16.5. The lowest BCUT2D eigenvalue weighted by atomic mass is 9.76. The van der Waals surface area contributed by atoms with Crippen molar-refractivity contribution >= 4 is 5.97 Å². The molecule has 4 heteroatoms. The van der Waals surface area contributed by atoms with Gasteiger partial charge in [0.1, 0.15) is 5.69 Å². The number of hydrogen-bond acceptors (Lipinski definition) is 4. The molecule has 1 aliphatic carbocycles. The maximum atomic E-state index is 12.2. The topological polar surface area (TPSA) is 52.3 Å². The number of carbonyl (C=O) groups is 1. The first kappa shape index (κ1) is 23.1. The standard InChI is InChI=1S/C31H31NO3/c1-21-17-18-22(20-27(21)31(33)34-2)19-25-15-9-10-16-26(25)30-32-28(23-11-5-3-6-12-23)29(35-30)24-13-7-4-8-14-24/h3-8,11-14,17-18,20,25-26H,9-10,15-16,19H2,1-2H3. The average Bonchev–Trinajstić information content (AvgIpc) is 3.36. The Morgan fingerprint density at radius 2 is 1.63 bits per heavy atom. The van der Waals surface area contributed by atoms with Gasteiger partial charge in [0.05, 0.1) is 12.7 Å². The number of oxazole rings is 1. The zero-order valence-electron chi connectivity index (χ0n) is 20.4. The molecule has 2 atom stereocenters. The molecule has 1 fully saturated rings. The van der Waals surface area contributed by atoms with Gasteiger partial charge in [-0.05, 0) is 49.3 Å². The largest absolute Gasteiger partial charge is 0.465 e. The Morgan fingerprint density at radius 3 is 2.34 bits per heavy atom. The van der Waals surface area contributed by atoms with Gasteiger partial charge in [-0.15, -0.1) is 0 Å². The minimum absolute atomic E-state index is 0.242. The van der Waals surface area contributed by atoms with E-state index in [1.54, 1.807) is 0 Å². The van der Waals surface area contributed by atoms with Gasteiger partial charge >= 0.3 is 5.97 Å². The summed E-state index contributed by atoms with van der Waals surface area (Å²) in [6.07, 6.45) is 5.44. The monoisotopic (exact) mass is 465 g/mol. The van der Waals surface area contributed by atoms with Gasteiger partial charge in [-0.3, -0.25) is 0 Å². The Bertz CT molecular complexity index is 1240. The van der Waals surface area contributed by atoms with E-state index in [0.717, 1.165) is 58.9 Å². The van der Waals surface area contributed by atoms with Gasteiger partial charge < -0.3 is 9.15 Å². The van der Waals surface area contributed by atoms with Crippen LogP contribution in [0, 0.1) is 12.8 Å². The van der Waals surface area contributed by atoms with Gasteiger partial charge in [-0.25, -0.2) is 9.78 Å². The van der Waals surface area contributed by atoms with Crippen LogP contribution in [-0.4, -0.2) is 18.1 Å². The Labute approximate surface area is 207 Å². The molecular weight excluding hydrogens is 434 g/mol. The molecule has 4 aromatic rings. The lowest BCUT2D eigenvalue weighted by molar-refractivity contribution is 0.0599. The number of carbonyl (C=O) groups excluding carboxylic acids is 1. The molecule has 178 valence electrons. The van der Waals surface area contributed by atoms with Crippen LogP contribution in [0.4, 0.5) is 0 Å². The maximum absolute atomic E-state index is 12.2. The van der Waals surface area contributed by atoms with E-state index in [4.69, 9.17) is 14.1 Å². The fourth-order valence-corrected chi connectivity index (χ4v) is 5.28. The Kier molecular flexibility index (Phi) is 6.80. The molecule has 0 radical (unpaired) electrons. The molecule has 0 aliphatic heterocycles. The molecule has 0 amide bonds. The van der Waals surface area contributed by atoms with Crippen LogP contribution in [0.15, 0.2) is 83.3 Å². The minimum atomic E-state index is -0.280. The van der Waals surface area contributed by atoms with Gasteiger partial charge in [0.25, 0.3) is 0 Å². The van der Waals surface area contributed by atoms with Crippen molar-refractivity contribution in [3.05, 3.63) is 101 Å². The number of esters is 1. The van der Waals surface area contributed by atoms with Crippen molar-refractivity contribution in [2.75, 3.05) is 7.11 Å². The summed E-state index contributed by atoms with van der Waals surface area (Å²) in [4.78, 5) is 17.3. The molecule has 0 saturated heterocycles. The molecule has 0 N–H and O–H groups in total. The fourth-order valence-electron chi connectivity index (χ4n) is 5.28. The summed E-state index contributed by atoms with van der Waals surface area (Å²) >= 11 is 0. The van der Waals surface area contributed by atoms with E-state index in [2.05, 4.69) is 30.3 Å². The predicted octanol–water partition coefficient (Wildman–Crippen LogP) is 7.62. The smallest absolute Gasteiger partial charge is 0.338 e. The van der Waals surface area contributed by atoms with Crippen LogP contribution >= 0.6 is 0 Å². The summed E-state index contributed by atoms with van der Waals surface area (Å²) in [6.45, 7) is 1.95. The second-order valence-electron chi connectivity index (χ2n) is 9.46. The minimum Gasteiger partial charge on any atom is -0.465 e. The number of ether oxygens (including phenoxy) is 1. The van der Waals surface area contributed by atoms with Crippen LogP contribution in [0.5, 0.6) is 0 Å². The van der Waals surface area contributed by atoms with Crippen molar-refractivity contribution < 1.29 is 13.9 Å². The molecule has 0 spiro atoms. The van der Waals surface area contributed by atoms with Crippen LogP contribution in [0.1, 0.15) is 59.0 Å². The van der Waals surface area contributed by atoms with Crippen LogP contribution in [0.2, 0.25) is 0 Å². The maximum Gasteiger partial charge on any atom is 0.338 e. The molecular formula is C31H31NO3. The van der Waals surface area contributed by atoms with Gasteiger partial charge in [0.2, 0.25) is 0 Å². The van der Waals surface area contributed by atoms with Gasteiger partial charge in [0.15, 0.2) is 11.7 Å². The second-order valence-corrected chi connectivity index (χ2v) is 9.46. The quantitative estimate of drug-likeness (QED) is 0.275. The highest BCUT2D eigenvalue weighted by Gasteiger charge is 2.32. The summed E-state index contributed by atoms with van der Waals surface area (Å²) in [5.74, 6) is 2.03. The summed E-state index contributed by atoms with van der Waals surface area (Å²) in [5.41, 5.74) is 5.75. The average molecular weight is 466 g/mol. The number of aromatic nitrogens is 1. The van der Waals surface area contributed by atoms with Crippen LogP contribution in [0.25, 0.3) is 22.6 Å². The van der Waals surface area contributed by atoms with Crippen molar-refractivity contribution in [2.24, 2.45) is 5.92 Å². The van der Waals surface area contributed by atoms with E-state index in [1.165, 1.54) is 20.0 Å². The molecule has 2 unspecified atom stereocenters. The highest BCUT2D eigenvalue weighted by molar-refractivity contribution is 5.91. The molecule has 5 rings (SSSR count). The third-order valence-corrected chi connectivity index (χ3v) is 7.16. The van der Waals surface area contributed by atoms with Gasteiger partial charge in [-0.2, -0.15) is 0 Å². The fraction of sp³-hybridized carbons (Fsp3) is 0.290. The van der Waals surface area contributed by atoms with Crippen molar-refractivity contribution in [1.82, 2.24) is 4.98 Å². The third kappa shape index (κ3) is 4.93. The molecule has 1 heterocycles. The van der Waals surface area contributed by atoms with E-state index in [0.29, 0.717) is 11.5 Å². The van der Waals surface area contributed by atoms with Crippen molar-refractivity contribution in [1.29, 1.82) is 0 Å². The predicted molar refractivity (Wildman–Crippen MR) is 138 cm³/mol. The van der Waals surface area contributed by atoms with Gasteiger partial charge in [0, 0.05) is 17.0 Å².